The van der Waals surface area contributed by atoms with Gasteiger partial charge in [-0.05, 0) is 24.6 Å². The van der Waals surface area contributed by atoms with Crippen molar-refractivity contribution in [2.24, 2.45) is 5.92 Å². The van der Waals surface area contributed by atoms with Gasteiger partial charge in [-0.2, -0.15) is 0 Å². The number of urea groups is 1. The highest BCUT2D eigenvalue weighted by Crippen LogP contribution is 2.34. The van der Waals surface area contributed by atoms with Crippen LogP contribution in [0.4, 0.5) is 4.79 Å². The predicted octanol–water partition coefficient (Wildman–Crippen LogP) is 2.52. The topological polar surface area (TPSA) is 67.9 Å². The van der Waals surface area contributed by atoms with E-state index in [0.717, 1.165) is 6.42 Å². The molecule has 1 aromatic rings. The van der Waals surface area contributed by atoms with E-state index in [4.69, 9.17) is 9.47 Å². The van der Waals surface area contributed by atoms with Crippen LogP contribution in [-0.2, 0) is 9.47 Å². The van der Waals surface area contributed by atoms with Gasteiger partial charge in [0.25, 0.3) is 0 Å². The van der Waals surface area contributed by atoms with E-state index in [2.05, 4.69) is 5.32 Å². The fraction of sp³-hybridized carbons (Fsp3) is 0.444. The molecule has 2 heterocycles. The molecule has 2 aliphatic rings. The second-order valence-electron chi connectivity index (χ2n) is 6.05. The Bertz CT molecular complexity index is 631. The van der Waals surface area contributed by atoms with Gasteiger partial charge in [-0.3, -0.25) is 4.90 Å². The first-order valence-electron chi connectivity index (χ1n) is 8.26. The molecule has 1 fully saturated rings. The molecule has 4 atom stereocenters. The van der Waals surface area contributed by atoms with Crippen molar-refractivity contribution in [3.8, 4) is 0 Å². The van der Waals surface area contributed by atoms with Crippen molar-refractivity contribution in [3.05, 3.63) is 48.2 Å². The molecule has 2 aliphatic heterocycles. The highest BCUT2D eigenvalue weighted by Gasteiger charge is 2.47. The van der Waals surface area contributed by atoms with E-state index in [9.17, 15) is 9.59 Å². The highest BCUT2D eigenvalue weighted by molar-refractivity contribution is 5.89. The standard InChI is InChI=1S/C18H22N2O4/c1-3-14-12(2)15(24-17(21)13-8-5-4-6-9-13)16(23-14)20-11-7-10-19-18(20)22/h4-9,11-12,14-16H,3,10H2,1-2H3,(H,19,22)/t12?,14-,15+,16-/m1/s1. The summed E-state index contributed by atoms with van der Waals surface area (Å²) in [6, 6.07) is 8.60. The van der Waals surface area contributed by atoms with Crippen LogP contribution in [0, 0.1) is 5.92 Å². The van der Waals surface area contributed by atoms with Crippen LogP contribution in [0.3, 0.4) is 0 Å². The van der Waals surface area contributed by atoms with Crippen LogP contribution in [0.15, 0.2) is 42.6 Å². The Hall–Kier alpha value is -2.34. The zero-order valence-electron chi connectivity index (χ0n) is 13.8. The van der Waals surface area contributed by atoms with Crippen LogP contribution in [0.5, 0.6) is 0 Å². The molecule has 2 amide bonds. The molecule has 1 aromatic carbocycles. The van der Waals surface area contributed by atoms with E-state index in [1.807, 2.05) is 26.0 Å². The molecule has 0 aliphatic carbocycles. The Kier molecular flexibility index (Phi) is 4.85. The second-order valence-corrected chi connectivity index (χ2v) is 6.05. The summed E-state index contributed by atoms with van der Waals surface area (Å²) >= 11 is 0. The summed E-state index contributed by atoms with van der Waals surface area (Å²) in [5.74, 6) is -0.407. The third-order valence-electron chi connectivity index (χ3n) is 4.50. The number of esters is 1. The maximum absolute atomic E-state index is 12.4. The summed E-state index contributed by atoms with van der Waals surface area (Å²) in [6.07, 6.45) is 3.12. The average molecular weight is 330 g/mol. The molecule has 6 nitrogen and oxygen atoms in total. The van der Waals surface area contributed by atoms with E-state index in [1.54, 1.807) is 30.5 Å². The van der Waals surface area contributed by atoms with Gasteiger partial charge in [0, 0.05) is 18.7 Å². The minimum Gasteiger partial charge on any atom is -0.454 e. The number of ether oxygens (including phenoxy) is 2. The van der Waals surface area contributed by atoms with E-state index in [-0.39, 0.29) is 18.1 Å². The van der Waals surface area contributed by atoms with Gasteiger partial charge < -0.3 is 14.8 Å². The number of nitrogens with one attached hydrogen (secondary N) is 1. The largest absolute Gasteiger partial charge is 0.454 e. The van der Waals surface area contributed by atoms with Gasteiger partial charge in [-0.25, -0.2) is 9.59 Å². The van der Waals surface area contributed by atoms with Gasteiger partial charge in [-0.15, -0.1) is 0 Å². The molecule has 1 saturated heterocycles. The summed E-state index contributed by atoms with van der Waals surface area (Å²) in [5, 5.41) is 2.74. The van der Waals surface area contributed by atoms with Gasteiger partial charge in [0.05, 0.1) is 11.7 Å². The molecule has 0 bridgehead atoms. The molecule has 0 spiro atoms. The third-order valence-corrected chi connectivity index (χ3v) is 4.50. The van der Waals surface area contributed by atoms with Crippen LogP contribution < -0.4 is 5.32 Å². The van der Waals surface area contributed by atoms with Gasteiger partial charge in [0.1, 0.15) is 0 Å². The van der Waals surface area contributed by atoms with Gasteiger partial charge in [0.15, 0.2) is 12.3 Å². The van der Waals surface area contributed by atoms with Crippen LogP contribution >= 0.6 is 0 Å². The summed E-state index contributed by atoms with van der Waals surface area (Å²) in [4.78, 5) is 26.0. The fourth-order valence-electron chi connectivity index (χ4n) is 3.15. The van der Waals surface area contributed by atoms with Crippen molar-refractivity contribution in [1.29, 1.82) is 0 Å². The fourth-order valence-corrected chi connectivity index (χ4v) is 3.15. The molecule has 1 N–H and O–H groups in total. The number of hydrogen-bond acceptors (Lipinski definition) is 4. The molecule has 3 rings (SSSR count). The first kappa shape index (κ1) is 16.5. The number of carbonyl (C=O) groups excluding carboxylic acids is 2. The number of carbonyl (C=O) groups is 2. The number of hydrogen-bond donors (Lipinski definition) is 1. The van der Waals surface area contributed by atoms with Crippen molar-refractivity contribution < 1.29 is 19.1 Å². The van der Waals surface area contributed by atoms with Crippen LogP contribution in [0.2, 0.25) is 0 Å². The number of benzene rings is 1. The first-order chi connectivity index (χ1) is 11.6. The van der Waals surface area contributed by atoms with Crippen LogP contribution in [0.25, 0.3) is 0 Å². The van der Waals surface area contributed by atoms with Gasteiger partial charge in [0.2, 0.25) is 0 Å². The summed E-state index contributed by atoms with van der Waals surface area (Å²) in [7, 11) is 0. The second kappa shape index (κ2) is 7.05. The minimum atomic E-state index is -0.617. The van der Waals surface area contributed by atoms with Gasteiger partial charge >= 0.3 is 12.0 Å². The molecule has 0 radical (unpaired) electrons. The summed E-state index contributed by atoms with van der Waals surface area (Å²) in [5.41, 5.74) is 0.488. The van der Waals surface area contributed by atoms with Crippen molar-refractivity contribution in [2.45, 2.75) is 38.7 Å². The summed E-state index contributed by atoms with van der Waals surface area (Å²) in [6.45, 7) is 4.50. The first-order valence-corrected chi connectivity index (χ1v) is 8.26. The molecule has 24 heavy (non-hydrogen) atoms. The lowest BCUT2D eigenvalue weighted by molar-refractivity contribution is -0.0622. The zero-order chi connectivity index (χ0) is 17.1. The monoisotopic (exact) mass is 330 g/mol. The Morgan fingerprint density at radius 3 is 2.79 bits per heavy atom. The third kappa shape index (κ3) is 3.14. The average Bonchev–Trinajstić information content (AvgIpc) is 2.92. The Morgan fingerprint density at radius 1 is 1.38 bits per heavy atom. The molecule has 128 valence electrons. The lowest BCUT2D eigenvalue weighted by atomic mass is 9.98. The van der Waals surface area contributed by atoms with Crippen molar-refractivity contribution in [3.63, 3.8) is 0 Å². The Morgan fingerprint density at radius 2 is 2.12 bits per heavy atom. The molecule has 0 saturated carbocycles. The zero-order valence-corrected chi connectivity index (χ0v) is 13.8. The number of amides is 2. The minimum absolute atomic E-state index is 0.00390. The summed E-state index contributed by atoms with van der Waals surface area (Å²) < 4.78 is 11.8. The normalized spacial score (nSPS) is 29.4. The van der Waals surface area contributed by atoms with Crippen LogP contribution in [0.1, 0.15) is 30.6 Å². The smallest absolute Gasteiger partial charge is 0.338 e. The maximum Gasteiger partial charge on any atom is 0.338 e. The van der Waals surface area contributed by atoms with Crippen LogP contribution in [-0.4, -0.2) is 41.9 Å². The maximum atomic E-state index is 12.4. The van der Waals surface area contributed by atoms with E-state index in [0.29, 0.717) is 12.1 Å². The van der Waals surface area contributed by atoms with Gasteiger partial charge in [-0.1, -0.05) is 32.0 Å². The van der Waals surface area contributed by atoms with Crippen molar-refractivity contribution in [2.75, 3.05) is 6.54 Å². The molecule has 1 unspecified atom stereocenters. The van der Waals surface area contributed by atoms with Crippen molar-refractivity contribution >= 4 is 12.0 Å². The molecular formula is C18H22N2O4. The van der Waals surface area contributed by atoms with E-state index in [1.165, 1.54) is 4.90 Å². The number of nitrogens with zero attached hydrogens (tertiary/aromatic N) is 1. The predicted molar refractivity (Wildman–Crippen MR) is 88.1 cm³/mol. The molecule has 0 aromatic heterocycles. The Balaban J connectivity index is 1.81. The SMILES string of the molecule is CC[C@H]1O[C@@H](N2C=CCNC2=O)[C@@H](OC(=O)c2ccccc2)C1C. The highest BCUT2D eigenvalue weighted by atomic mass is 16.6. The van der Waals surface area contributed by atoms with E-state index < -0.39 is 18.3 Å². The van der Waals surface area contributed by atoms with Crippen molar-refractivity contribution in [1.82, 2.24) is 10.2 Å². The van der Waals surface area contributed by atoms with E-state index >= 15 is 0 Å². The number of rotatable bonds is 4. The molecule has 6 heteroatoms. The Labute approximate surface area is 141 Å². The lowest BCUT2D eigenvalue weighted by Crippen LogP contribution is -2.50. The molecular weight excluding hydrogens is 308 g/mol. The lowest BCUT2D eigenvalue weighted by Gasteiger charge is -2.31. The quantitative estimate of drug-likeness (QED) is 0.862.